The molecule has 1 N–H and O–H groups in total. The standard InChI is InChI=1S/C13H26N2O/c1-5-11(4)15(6-2)13(16)12-9-10(3)7-8-14-12/h10-12,14H,5-9H2,1-4H3. The van der Waals surface area contributed by atoms with Crippen LogP contribution in [0.25, 0.3) is 0 Å². The molecule has 1 rings (SSSR count). The third-order valence-electron chi connectivity index (χ3n) is 3.71. The summed E-state index contributed by atoms with van der Waals surface area (Å²) in [5.74, 6) is 0.967. The fourth-order valence-electron chi connectivity index (χ4n) is 2.40. The van der Waals surface area contributed by atoms with Gasteiger partial charge in [-0.2, -0.15) is 0 Å². The van der Waals surface area contributed by atoms with Crippen molar-refractivity contribution >= 4 is 5.91 Å². The van der Waals surface area contributed by atoms with Crippen LogP contribution < -0.4 is 5.32 Å². The van der Waals surface area contributed by atoms with Gasteiger partial charge in [0, 0.05) is 12.6 Å². The van der Waals surface area contributed by atoms with Crippen LogP contribution in [0.1, 0.15) is 47.0 Å². The molecular weight excluding hydrogens is 200 g/mol. The Balaban J connectivity index is 2.59. The van der Waals surface area contributed by atoms with Gasteiger partial charge < -0.3 is 10.2 Å². The fourth-order valence-corrected chi connectivity index (χ4v) is 2.40. The van der Waals surface area contributed by atoms with E-state index in [1.165, 1.54) is 6.42 Å². The van der Waals surface area contributed by atoms with Crippen LogP contribution in [0, 0.1) is 5.92 Å². The van der Waals surface area contributed by atoms with Crippen molar-refractivity contribution in [3.05, 3.63) is 0 Å². The van der Waals surface area contributed by atoms with Crippen molar-refractivity contribution < 1.29 is 4.79 Å². The highest BCUT2D eigenvalue weighted by Gasteiger charge is 2.29. The largest absolute Gasteiger partial charge is 0.339 e. The molecule has 1 heterocycles. The van der Waals surface area contributed by atoms with Gasteiger partial charge in [0.25, 0.3) is 0 Å². The number of hydrogen-bond acceptors (Lipinski definition) is 2. The monoisotopic (exact) mass is 226 g/mol. The van der Waals surface area contributed by atoms with E-state index in [0.717, 1.165) is 25.9 Å². The molecule has 94 valence electrons. The Kier molecular flexibility index (Phi) is 5.26. The summed E-state index contributed by atoms with van der Waals surface area (Å²) in [6.07, 6.45) is 3.22. The van der Waals surface area contributed by atoms with Gasteiger partial charge in [0.05, 0.1) is 6.04 Å². The Morgan fingerprint density at radius 1 is 1.50 bits per heavy atom. The van der Waals surface area contributed by atoms with E-state index in [9.17, 15) is 4.79 Å². The minimum atomic E-state index is 0.0534. The Bertz CT molecular complexity index is 230. The topological polar surface area (TPSA) is 32.3 Å². The van der Waals surface area contributed by atoms with E-state index in [1.807, 2.05) is 4.90 Å². The first-order valence-electron chi connectivity index (χ1n) is 6.63. The number of piperidine rings is 1. The van der Waals surface area contributed by atoms with Gasteiger partial charge >= 0.3 is 0 Å². The van der Waals surface area contributed by atoms with E-state index in [2.05, 4.69) is 33.0 Å². The quantitative estimate of drug-likeness (QED) is 0.795. The SMILES string of the molecule is CCC(C)N(CC)C(=O)C1CC(C)CCN1. The zero-order valence-electron chi connectivity index (χ0n) is 11.1. The maximum Gasteiger partial charge on any atom is 0.239 e. The summed E-state index contributed by atoms with van der Waals surface area (Å²) in [6, 6.07) is 0.411. The van der Waals surface area contributed by atoms with E-state index >= 15 is 0 Å². The Labute approximate surface area is 99.6 Å². The van der Waals surface area contributed by atoms with E-state index in [-0.39, 0.29) is 6.04 Å². The molecule has 3 heteroatoms. The van der Waals surface area contributed by atoms with E-state index in [4.69, 9.17) is 0 Å². The first-order valence-corrected chi connectivity index (χ1v) is 6.63. The Morgan fingerprint density at radius 3 is 2.69 bits per heavy atom. The third-order valence-corrected chi connectivity index (χ3v) is 3.71. The number of carbonyl (C=O) groups is 1. The summed E-state index contributed by atoms with van der Waals surface area (Å²) in [5.41, 5.74) is 0. The van der Waals surface area contributed by atoms with Crippen molar-refractivity contribution in [2.45, 2.75) is 59.0 Å². The summed E-state index contributed by atoms with van der Waals surface area (Å²) < 4.78 is 0. The average molecular weight is 226 g/mol. The molecule has 1 amide bonds. The molecular formula is C13H26N2O. The molecule has 0 aromatic heterocycles. The summed E-state index contributed by atoms with van der Waals surface area (Å²) in [7, 11) is 0. The molecule has 0 spiro atoms. The number of amides is 1. The molecule has 1 aliphatic rings. The third kappa shape index (κ3) is 3.21. The summed E-state index contributed by atoms with van der Waals surface area (Å²) >= 11 is 0. The smallest absolute Gasteiger partial charge is 0.239 e. The molecule has 1 aliphatic heterocycles. The fraction of sp³-hybridized carbons (Fsp3) is 0.923. The van der Waals surface area contributed by atoms with Gasteiger partial charge in [-0.1, -0.05) is 13.8 Å². The van der Waals surface area contributed by atoms with Crippen LogP contribution in [0.5, 0.6) is 0 Å². The van der Waals surface area contributed by atoms with Gasteiger partial charge in [-0.25, -0.2) is 0 Å². The Hall–Kier alpha value is -0.570. The number of rotatable bonds is 4. The van der Waals surface area contributed by atoms with E-state index in [0.29, 0.717) is 17.9 Å². The second kappa shape index (κ2) is 6.24. The number of nitrogens with one attached hydrogen (secondary N) is 1. The van der Waals surface area contributed by atoms with E-state index < -0.39 is 0 Å². The van der Waals surface area contributed by atoms with Crippen LogP contribution in [0.15, 0.2) is 0 Å². The summed E-state index contributed by atoms with van der Waals surface area (Å²) in [6.45, 7) is 10.4. The van der Waals surface area contributed by atoms with Crippen LogP contribution >= 0.6 is 0 Å². The van der Waals surface area contributed by atoms with Gasteiger partial charge in [-0.3, -0.25) is 4.79 Å². The van der Waals surface area contributed by atoms with Gasteiger partial charge in [0.2, 0.25) is 5.91 Å². The highest BCUT2D eigenvalue weighted by atomic mass is 16.2. The predicted octanol–water partition coefficient (Wildman–Crippen LogP) is 2.02. The molecule has 0 aromatic carbocycles. The number of carbonyl (C=O) groups excluding carboxylic acids is 1. The molecule has 16 heavy (non-hydrogen) atoms. The number of hydrogen-bond donors (Lipinski definition) is 1. The van der Waals surface area contributed by atoms with Crippen LogP contribution in [0.2, 0.25) is 0 Å². The summed E-state index contributed by atoms with van der Waals surface area (Å²) in [5, 5.41) is 3.35. The van der Waals surface area contributed by atoms with Crippen molar-refractivity contribution in [1.82, 2.24) is 10.2 Å². The highest BCUT2D eigenvalue weighted by Crippen LogP contribution is 2.18. The van der Waals surface area contributed by atoms with Crippen molar-refractivity contribution in [1.29, 1.82) is 0 Å². The minimum absolute atomic E-state index is 0.0534. The lowest BCUT2D eigenvalue weighted by Gasteiger charge is -2.34. The van der Waals surface area contributed by atoms with Gasteiger partial charge in [-0.15, -0.1) is 0 Å². The Morgan fingerprint density at radius 2 is 2.19 bits per heavy atom. The first kappa shape index (κ1) is 13.5. The lowest BCUT2D eigenvalue weighted by atomic mass is 9.93. The molecule has 0 bridgehead atoms. The molecule has 1 saturated heterocycles. The van der Waals surface area contributed by atoms with Crippen molar-refractivity contribution in [3.8, 4) is 0 Å². The zero-order chi connectivity index (χ0) is 12.1. The van der Waals surface area contributed by atoms with Gasteiger partial charge in [0.15, 0.2) is 0 Å². The predicted molar refractivity (Wildman–Crippen MR) is 67.3 cm³/mol. The minimum Gasteiger partial charge on any atom is -0.339 e. The molecule has 3 unspecified atom stereocenters. The number of nitrogens with zero attached hydrogens (tertiary/aromatic N) is 1. The first-order chi connectivity index (χ1) is 7.60. The van der Waals surface area contributed by atoms with Crippen LogP contribution in [0.3, 0.4) is 0 Å². The molecule has 0 aromatic rings. The van der Waals surface area contributed by atoms with Crippen molar-refractivity contribution in [2.75, 3.05) is 13.1 Å². The van der Waals surface area contributed by atoms with Gasteiger partial charge in [0.1, 0.15) is 0 Å². The highest BCUT2D eigenvalue weighted by molar-refractivity contribution is 5.82. The second-order valence-electron chi connectivity index (χ2n) is 5.02. The van der Waals surface area contributed by atoms with Crippen LogP contribution in [-0.2, 0) is 4.79 Å². The average Bonchev–Trinajstić information content (AvgIpc) is 2.29. The van der Waals surface area contributed by atoms with Crippen molar-refractivity contribution in [2.24, 2.45) is 5.92 Å². The number of likely N-dealkylation sites (N-methyl/N-ethyl adjacent to an activating group) is 1. The van der Waals surface area contributed by atoms with Crippen LogP contribution in [-0.4, -0.2) is 36.0 Å². The molecule has 3 nitrogen and oxygen atoms in total. The summed E-state index contributed by atoms with van der Waals surface area (Å²) in [4.78, 5) is 14.3. The molecule has 3 atom stereocenters. The molecule has 1 fully saturated rings. The maximum atomic E-state index is 12.3. The van der Waals surface area contributed by atoms with Crippen LogP contribution in [0.4, 0.5) is 0 Å². The second-order valence-corrected chi connectivity index (χ2v) is 5.02. The zero-order valence-corrected chi connectivity index (χ0v) is 11.1. The maximum absolute atomic E-state index is 12.3. The van der Waals surface area contributed by atoms with E-state index in [1.54, 1.807) is 0 Å². The van der Waals surface area contributed by atoms with Crippen molar-refractivity contribution in [3.63, 3.8) is 0 Å². The normalized spacial score (nSPS) is 27.5. The molecule has 0 aliphatic carbocycles. The lowest BCUT2D eigenvalue weighted by molar-refractivity contribution is -0.136. The lowest BCUT2D eigenvalue weighted by Crippen LogP contribution is -2.52. The van der Waals surface area contributed by atoms with Gasteiger partial charge in [-0.05, 0) is 45.6 Å². The molecule has 0 radical (unpaired) electrons. The molecule has 0 saturated carbocycles.